The van der Waals surface area contributed by atoms with Crippen molar-refractivity contribution in [3.05, 3.63) is 62.1 Å². The van der Waals surface area contributed by atoms with Gasteiger partial charge in [0.25, 0.3) is 11.5 Å². The van der Waals surface area contributed by atoms with Gasteiger partial charge in [0.05, 0.1) is 28.7 Å². The van der Waals surface area contributed by atoms with Gasteiger partial charge in [-0.1, -0.05) is 0 Å². The van der Waals surface area contributed by atoms with Gasteiger partial charge in [0, 0.05) is 41.4 Å². The summed E-state index contributed by atoms with van der Waals surface area (Å²) in [7, 11) is 0. The summed E-state index contributed by atoms with van der Waals surface area (Å²) in [4.78, 5) is 35.5. The lowest BCUT2D eigenvalue weighted by Crippen LogP contribution is -2.30. The monoisotopic (exact) mass is 507 g/mol. The van der Waals surface area contributed by atoms with Gasteiger partial charge in [-0.2, -0.15) is 5.10 Å². The zero-order chi connectivity index (χ0) is 22.7. The van der Waals surface area contributed by atoms with Gasteiger partial charge in [-0.25, -0.2) is 4.98 Å². The first-order valence-corrected chi connectivity index (χ1v) is 11.9. The summed E-state index contributed by atoms with van der Waals surface area (Å²) in [5.41, 5.74) is 3.72. The highest BCUT2D eigenvalue weighted by molar-refractivity contribution is 9.10. The fraction of sp³-hybridized carbons (Fsp3) is 0.333. The minimum absolute atomic E-state index is 0.109. The fourth-order valence-electron chi connectivity index (χ4n) is 5.01. The van der Waals surface area contributed by atoms with Crippen LogP contribution in [0.15, 0.2) is 39.9 Å². The number of carbonyl (C=O) groups excluding carboxylic acids is 1. The predicted molar refractivity (Wildman–Crippen MR) is 129 cm³/mol. The maximum atomic E-state index is 13.5. The Labute approximate surface area is 197 Å². The molecular weight excluding hydrogens is 486 g/mol. The molecule has 0 aliphatic carbocycles. The maximum Gasteiger partial charge on any atom is 0.259 e. The standard InChI is InChI=1S/C24H22BrN5O3/c1-13-8-18-20(10-17(13)24(32)29-5-2-14-9-15(25)11-26-22(14)29)28-23(31)19-12-27-30(21(18)19)16-3-6-33-7-4-16/h8-12,16H,2-7H2,1H3,(H,28,31). The van der Waals surface area contributed by atoms with Crippen LogP contribution >= 0.6 is 15.9 Å². The number of nitrogens with zero attached hydrogens (tertiary/aromatic N) is 4. The number of amides is 1. The summed E-state index contributed by atoms with van der Waals surface area (Å²) in [6, 6.07) is 5.99. The van der Waals surface area contributed by atoms with E-state index in [0.29, 0.717) is 42.0 Å². The van der Waals surface area contributed by atoms with E-state index >= 15 is 0 Å². The van der Waals surface area contributed by atoms with Crippen LogP contribution < -0.4 is 10.5 Å². The van der Waals surface area contributed by atoms with E-state index in [4.69, 9.17) is 4.74 Å². The Morgan fingerprint density at radius 3 is 2.82 bits per heavy atom. The maximum absolute atomic E-state index is 13.5. The number of anilines is 1. The third kappa shape index (κ3) is 3.29. The smallest absolute Gasteiger partial charge is 0.259 e. The highest BCUT2D eigenvalue weighted by Crippen LogP contribution is 2.32. The SMILES string of the molecule is Cc1cc2c(cc1C(=O)N1CCc3cc(Br)cnc31)[nH]c(=O)c1cnn(C3CCOCC3)c12. The number of rotatable bonds is 2. The van der Waals surface area contributed by atoms with Gasteiger partial charge < -0.3 is 9.72 Å². The van der Waals surface area contributed by atoms with Crippen molar-refractivity contribution < 1.29 is 9.53 Å². The molecule has 5 heterocycles. The van der Waals surface area contributed by atoms with Crippen LogP contribution in [-0.2, 0) is 11.2 Å². The molecule has 1 saturated heterocycles. The topological polar surface area (TPSA) is 93.1 Å². The number of carbonyl (C=O) groups is 1. The number of hydrogen-bond donors (Lipinski definition) is 1. The van der Waals surface area contributed by atoms with Gasteiger partial charge in [-0.3, -0.25) is 19.2 Å². The zero-order valence-electron chi connectivity index (χ0n) is 18.1. The molecule has 2 aliphatic heterocycles. The third-order valence-corrected chi connectivity index (χ3v) is 7.12. The van der Waals surface area contributed by atoms with Gasteiger partial charge >= 0.3 is 0 Å². The van der Waals surface area contributed by atoms with Gasteiger partial charge in [0.1, 0.15) is 5.82 Å². The van der Waals surface area contributed by atoms with E-state index in [1.54, 1.807) is 23.4 Å². The van der Waals surface area contributed by atoms with Crippen LogP contribution in [0.3, 0.4) is 0 Å². The van der Waals surface area contributed by atoms with E-state index in [0.717, 1.165) is 45.8 Å². The molecule has 1 amide bonds. The van der Waals surface area contributed by atoms with Gasteiger partial charge in [-0.05, 0) is 71.4 Å². The lowest BCUT2D eigenvalue weighted by atomic mass is 10.0. The number of benzene rings is 1. The number of H-pyrrole nitrogens is 1. The van der Waals surface area contributed by atoms with Crippen molar-refractivity contribution in [3.8, 4) is 0 Å². The Balaban J connectivity index is 1.48. The highest BCUT2D eigenvalue weighted by Gasteiger charge is 2.29. The van der Waals surface area contributed by atoms with E-state index in [-0.39, 0.29) is 17.5 Å². The van der Waals surface area contributed by atoms with Crippen molar-refractivity contribution in [1.82, 2.24) is 19.7 Å². The van der Waals surface area contributed by atoms with Crippen molar-refractivity contribution in [3.63, 3.8) is 0 Å². The summed E-state index contributed by atoms with van der Waals surface area (Å²) in [6.07, 6.45) is 5.84. The number of ether oxygens (including phenoxy) is 1. The number of nitrogens with one attached hydrogen (secondary N) is 1. The van der Waals surface area contributed by atoms with E-state index in [1.807, 2.05) is 23.7 Å². The van der Waals surface area contributed by atoms with Gasteiger partial charge in [-0.15, -0.1) is 0 Å². The molecule has 4 aromatic rings. The number of halogens is 1. The van der Waals surface area contributed by atoms with Crippen LogP contribution in [0.5, 0.6) is 0 Å². The fourth-order valence-corrected chi connectivity index (χ4v) is 5.39. The van der Waals surface area contributed by atoms with E-state index in [9.17, 15) is 9.59 Å². The average molecular weight is 508 g/mol. The second kappa shape index (κ2) is 7.78. The van der Waals surface area contributed by atoms with Crippen LogP contribution in [0, 0.1) is 6.92 Å². The zero-order valence-corrected chi connectivity index (χ0v) is 19.7. The number of aromatic nitrogens is 4. The molecule has 168 valence electrons. The highest BCUT2D eigenvalue weighted by atomic mass is 79.9. The van der Waals surface area contributed by atoms with Crippen LogP contribution in [0.4, 0.5) is 5.82 Å². The molecule has 3 aromatic heterocycles. The van der Waals surface area contributed by atoms with E-state index < -0.39 is 0 Å². The van der Waals surface area contributed by atoms with Crippen LogP contribution in [0.25, 0.3) is 21.8 Å². The second-order valence-corrected chi connectivity index (χ2v) is 9.62. The number of hydrogen-bond acceptors (Lipinski definition) is 5. The van der Waals surface area contributed by atoms with Crippen LogP contribution in [0.1, 0.15) is 40.4 Å². The summed E-state index contributed by atoms with van der Waals surface area (Å²) >= 11 is 3.45. The Kier molecular flexibility index (Phi) is 4.84. The first-order chi connectivity index (χ1) is 16.0. The Bertz CT molecular complexity index is 1490. The van der Waals surface area contributed by atoms with Crippen molar-refractivity contribution in [2.24, 2.45) is 0 Å². The summed E-state index contributed by atoms with van der Waals surface area (Å²) in [5, 5.41) is 6.03. The molecule has 1 aromatic carbocycles. The Hall–Kier alpha value is -3.04. The number of pyridine rings is 2. The molecular formula is C24H22BrN5O3. The van der Waals surface area contributed by atoms with Crippen molar-refractivity contribution in [1.29, 1.82) is 0 Å². The molecule has 2 aliphatic rings. The molecule has 0 unspecified atom stereocenters. The van der Waals surface area contributed by atoms with E-state index in [1.165, 1.54) is 0 Å². The molecule has 1 N–H and O–H groups in total. The average Bonchev–Trinajstić information content (AvgIpc) is 3.44. The van der Waals surface area contributed by atoms with Gasteiger partial charge in [0.15, 0.2) is 0 Å². The molecule has 0 bridgehead atoms. The predicted octanol–water partition coefficient (Wildman–Crippen LogP) is 3.90. The summed E-state index contributed by atoms with van der Waals surface area (Å²) < 4.78 is 8.37. The summed E-state index contributed by atoms with van der Waals surface area (Å²) in [5.74, 6) is 0.589. The Morgan fingerprint density at radius 2 is 2.00 bits per heavy atom. The lowest BCUT2D eigenvalue weighted by Gasteiger charge is -2.23. The summed E-state index contributed by atoms with van der Waals surface area (Å²) in [6.45, 7) is 3.89. The quantitative estimate of drug-likeness (QED) is 0.444. The lowest BCUT2D eigenvalue weighted by molar-refractivity contribution is 0.0675. The van der Waals surface area contributed by atoms with Crippen molar-refractivity contribution in [2.45, 2.75) is 32.2 Å². The first kappa shape index (κ1) is 20.6. The third-order valence-electron chi connectivity index (χ3n) is 6.69. The molecule has 0 atom stereocenters. The van der Waals surface area contributed by atoms with Crippen LogP contribution in [-0.4, -0.2) is 45.4 Å². The molecule has 0 radical (unpaired) electrons. The molecule has 0 saturated carbocycles. The van der Waals surface area contributed by atoms with Crippen LogP contribution in [0.2, 0.25) is 0 Å². The number of fused-ring (bicyclic) bond motifs is 4. The molecule has 8 nitrogen and oxygen atoms in total. The normalized spacial score (nSPS) is 16.6. The van der Waals surface area contributed by atoms with Gasteiger partial charge in [0.2, 0.25) is 0 Å². The second-order valence-electron chi connectivity index (χ2n) is 8.70. The number of aromatic amines is 1. The molecule has 1 fully saturated rings. The number of aryl methyl sites for hydroxylation is 1. The molecule has 33 heavy (non-hydrogen) atoms. The first-order valence-electron chi connectivity index (χ1n) is 11.1. The minimum atomic E-state index is -0.198. The Morgan fingerprint density at radius 1 is 1.18 bits per heavy atom. The largest absolute Gasteiger partial charge is 0.381 e. The molecule has 0 spiro atoms. The van der Waals surface area contributed by atoms with E-state index in [2.05, 4.69) is 31.0 Å². The molecule has 9 heteroatoms. The molecule has 6 rings (SSSR count). The minimum Gasteiger partial charge on any atom is -0.381 e. The van der Waals surface area contributed by atoms with Crippen molar-refractivity contribution >= 4 is 49.5 Å². The van der Waals surface area contributed by atoms with Crippen molar-refractivity contribution in [2.75, 3.05) is 24.7 Å².